The van der Waals surface area contributed by atoms with Gasteiger partial charge in [-0.05, 0) is 70.4 Å². The molecule has 1 aromatic heterocycles. The summed E-state index contributed by atoms with van der Waals surface area (Å²) in [4.78, 5) is 9.92. The Morgan fingerprint density at radius 3 is 2.21 bits per heavy atom. The van der Waals surface area contributed by atoms with Crippen molar-refractivity contribution in [2.24, 2.45) is 4.99 Å². The van der Waals surface area contributed by atoms with E-state index in [4.69, 9.17) is 18.6 Å². The van der Waals surface area contributed by atoms with Gasteiger partial charge in [-0.1, -0.05) is 30.3 Å². The van der Waals surface area contributed by atoms with E-state index in [9.17, 15) is 13.5 Å². The number of aliphatic imine (C=N–C) groups is 1. The number of sulfonamides is 1. The van der Waals surface area contributed by atoms with Gasteiger partial charge in [0.05, 0.1) is 42.1 Å². The number of aromatic hydroxyl groups is 1. The van der Waals surface area contributed by atoms with Crippen molar-refractivity contribution >= 4 is 46.6 Å². The molecule has 1 heterocycles. The zero-order valence-electron chi connectivity index (χ0n) is 24.4. The van der Waals surface area contributed by atoms with E-state index in [2.05, 4.69) is 4.98 Å². The molecule has 0 aliphatic rings. The van der Waals surface area contributed by atoms with Crippen LogP contribution in [0.4, 0.5) is 11.4 Å². The summed E-state index contributed by atoms with van der Waals surface area (Å²) in [7, 11) is -1.25. The van der Waals surface area contributed by atoms with Crippen LogP contribution in [0.25, 0.3) is 10.9 Å². The first-order valence-corrected chi connectivity index (χ1v) is 16.5. The van der Waals surface area contributed by atoms with E-state index in [0.29, 0.717) is 65.6 Å². The number of likely N-dealkylation sites (N-methyl/N-ethyl adjacent to an activating group) is 1. The lowest BCUT2D eigenvalue weighted by molar-refractivity contribution is 0.221. The van der Waals surface area contributed by atoms with Crippen molar-refractivity contribution < 1.29 is 27.1 Å². The number of fused-ring (bicyclic) bond motifs is 1. The van der Waals surface area contributed by atoms with Crippen LogP contribution in [0, 0.1) is 0 Å². The maximum atomic E-state index is 12.5. The van der Waals surface area contributed by atoms with Crippen molar-refractivity contribution in [3.8, 4) is 11.6 Å². The van der Waals surface area contributed by atoms with E-state index in [0.717, 1.165) is 5.56 Å². The van der Waals surface area contributed by atoms with Crippen LogP contribution >= 0.6 is 8.60 Å². The third kappa shape index (κ3) is 7.87. The molecule has 0 saturated carbocycles. The zero-order valence-corrected chi connectivity index (χ0v) is 26.2. The van der Waals surface area contributed by atoms with Gasteiger partial charge in [0, 0.05) is 29.6 Å². The molecule has 0 amide bonds. The predicted molar refractivity (Wildman–Crippen MR) is 170 cm³/mol. The highest BCUT2D eigenvalue weighted by atomic mass is 32.2. The number of rotatable bonds is 14. The number of nitrogens with one attached hydrogen (secondary N) is 1. The molecule has 0 spiro atoms. The van der Waals surface area contributed by atoms with Gasteiger partial charge in [-0.15, -0.1) is 0 Å². The molecule has 0 unspecified atom stereocenters. The van der Waals surface area contributed by atoms with Gasteiger partial charge in [-0.2, -0.15) is 0 Å². The lowest BCUT2D eigenvalue weighted by Gasteiger charge is -2.24. The van der Waals surface area contributed by atoms with E-state index in [-0.39, 0.29) is 5.88 Å². The maximum Gasteiger partial charge on any atom is 0.397 e. The van der Waals surface area contributed by atoms with Crippen LogP contribution in [0.15, 0.2) is 77.8 Å². The normalized spacial score (nSPS) is 12.4. The van der Waals surface area contributed by atoms with Crippen LogP contribution in [0.3, 0.4) is 0 Å². The largest absolute Gasteiger partial charge is 0.494 e. The molecule has 0 bridgehead atoms. The number of aromatic amines is 1. The lowest BCUT2D eigenvalue weighted by Crippen LogP contribution is -2.35. The van der Waals surface area contributed by atoms with Gasteiger partial charge < -0.3 is 28.6 Å². The minimum Gasteiger partial charge on any atom is -0.494 e. The highest BCUT2D eigenvalue weighted by Crippen LogP contribution is 2.42. The molecule has 2 N–H and O–H groups in total. The first kappa shape index (κ1) is 31.5. The van der Waals surface area contributed by atoms with Gasteiger partial charge in [0.2, 0.25) is 10.0 Å². The van der Waals surface area contributed by atoms with Gasteiger partial charge in [-0.3, -0.25) is 4.31 Å². The number of nitrogens with zero attached hydrogens (tertiary/aromatic N) is 3. The number of hydrogen-bond acceptors (Lipinski definition) is 8. The number of H-pyrrole nitrogens is 1. The summed E-state index contributed by atoms with van der Waals surface area (Å²) in [6.07, 6.45) is 1.20. The van der Waals surface area contributed by atoms with Crippen LogP contribution in [-0.4, -0.2) is 75.8 Å². The third-order valence-electron chi connectivity index (χ3n) is 6.21. The SMILES string of the molecule is CCOP(OCC)Oc1ccc2[nH]c(O)c(C(=Nc3ccc(N(CCN(C)C)S(C)(=O)=O)cc3)c3ccccc3)c2c1. The maximum absolute atomic E-state index is 12.5. The summed E-state index contributed by atoms with van der Waals surface area (Å²) >= 11 is 0. The number of benzene rings is 3. The first-order chi connectivity index (χ1) is 20.1. The van der Waals surface area contributed by atoms with Crippen molar-refractivity contribution in [1.29, 1.82) is 0 Å². The Kier molecular flexibility index (Phi) is 10.6. The fraction of sp³-hybridized carbons (Fsp3) is 0.300. The second-order valence-electron chi connectivity index (χ2n) is 9.69. The summed E-state index contributed by atoms with van der Waals surface area (Å²) in [5, 5.41) is 11.8. The standard InChI is InChI=1S/C30H37N4O6PS/c1-6-38-41(39-7-2)40-25-17-18-27-26(21-25)28(30(35)32-27)29(22-11-9-8-10-12-22)31-23-13-15-24(16-14-23)34(42(5,36)37)20-19-33(3)4/h8-18,21,32,35H,6-7,19-20H2,1-5H3. The highest BCUT2D eigenvalue weighted by Gasteiger charge is 2.21. The molecule has 42 heavy (non-hydrogen) atoms. The molecule has 4 rings (SSSR count). The Balaban J connectivity index is 1.77. The predicted octanol–water partition coefficient (Wildman–Crippen LogP) is 6.05. The average molecular weight is 613 g/mol. The Labute approximate surface area is 248 Å². The fourth-order valence-electron chi connectivity index (χ4n) is 4.30. The molecule has 0 saturated heterocycles. The van der Waals surface area contributed by atoms with Crippen molar-refractivity contribution in [3.05, 3.63) is 83.9 Å². The monoisotopic (exact) mass is 612 g/mol. The second-order valence-corrected chi connectivity index (χ2v) is 12.7. The third-order valence-corrected chi connectivity index (χ3v) is 8.70. The van der Waals surface area contributed by atoms with E-state index in [1.807, 2.05) is 75.3 Å². The van der Waals surface area contributed by atoms with E-state index < -0.39 is 18.6 Å². The molecular weight excluding hydrogens is 575 g/mol. The summed E-state index contributed by atoms with van der Waals surface area (Å²) in [5.74, 6) is 0.497. The number of hydrogen-bond donors (Lipinski definition) is 2. The smallest absolute Gasteiger partial charge is 0.397 e. The molecule has 12 heteroatoms. The minimum absolute atomic E-state index is 0.0369. The highest BCUT2D eigenvalue weighted by molar-refractivity contribution is 7.92. The second kappa shape index (κ2) is 14.1. The topological polar surface area (TPSA) is 117 Å². The van der Waals surface area contributed by atoms with E-state index in [1.54, 1.807) is 30.3 Å². The first-order valence-electron chi connectivity index (χ1n) is 13.6. The Morgan fingerprint density at radius 2 is 1.62 bits per heavy atom. The molecule has 10 nitrogen and oxygen atoms in total. The molecule has 4 aromatic rings. The summed E-state index contributed by atoms with van der Waals surface area (Å²) in [6, 6.07) is 22.0. The van der Waals surface area contributed by atoms with Gasteiger partial charge in [0.15, 0.2) is 5.88 Å². The Morgan fingerprint density at radius 1 is 0.952 bits per heavy atom. The molecule has 0 fully saturated rings. The van der Waals surface area contributed by atoms with E-state index >= 15 is 0 Å². The molecule has 0 atom stereocenters. The molecule has 0 aliphatic heterocycles. The number of anilines is 1. The van der Waals surface area contributed by atoms with Gasteiger partial charge in [-0.25, -0.2) is 13.4 Å². The summed E-state index contributed by atoms with van der Waals surface area (Å²) < 4.78 is 43.6. The fourth-order valence-corrected chi connectivity index (χ4v) is 6.11. The van der Waals surface area contributed by atoms with Crippen molar-refractivity contribution in [2.75, 3.05) is 51.0 Å². The number of aromatic nitrogens is 1. The molecule has 0 radical (unpaired) electrons. The van der Waals surface area contributed by atoms with Crippen LogP contribution in [-0.2, 0) is 19.1 Å². The molecular formula is C30H37N4O6PS. The molecule has 0 aliphatic carbocycles. The van der Waals surface area contributed by atoms with Crippen molar-refractivity contribution in [3.63, 3.8) is 0 Å². The Bertz CT molecular complexity index is 1600. The van der Waals surface area contributed by atoms with Crippen LogP contribution in [0.1, 0.15) is 25.0 Å². The zero-order chi connectivity index (χ0) is 30.3. The molecule has 3 aromatic carbocycles. The average Bonchev–Trinajstić information content (AvgIpc) is 3.27. The van der Waals surface area contributed by atoms with Crippen LogP contribution in [0.5, 0.6) is 11.6 Å². The van der Waals surface area contributed by atoms with Gasteiger partial charge in [0.1, 0.15) is 5.75 Å². The lowest BCUT2D eigenvalue weighted by atomic mass is 10.0. The van der Waals surface area contributed by atoms with Crippen molar-refractivity contribution in [1.82, 2.24) is 9.88 Å². The van der Waals surface area contributed by atoms with Gasteiger partial charge in [0.25, 0.3) is 0 Å². The summed E-state index contributed by atoms with van der Waals surface area (Å²) in [6.45, 7) is 5.55. The van der Waals surface area contributed by atoms with E-state index in [1.165, 1.54) is 10.6 Å². The van der Waals surface area contributed by atoms with Gasteiger partial charge >= 0.3 is 8.60 Å². The summed E-state index contributed by atoms with van der Waals surface area (Å²) in [5.41, 5.74) is 3.68. The van der Waals surface area contributed by atoms with Crippen LogP contribution < -0.4 is 8.83 Å². The Hall–Kier alpha value is -3.47. The van der Waals surface area contributed by atoms with Crippen molar-refractivity contribution in [2.45, 2.75) is 13.8 Å². The quantitative estimate of drug-likeness (QED) is 0.132. The van der Waals surface area contributed by atoms with Crippen LogP contribution in [0.2, 0.25) is 0 Å². The minimum atomic E-state index is -3.47. The molecule has 224 valence electrons.